The number of nitrogens with one attached hydrogen (secondary N) is 1. The van der Waals surface area contributed by atoms with Crippen LogP contribution in [0.25, 0.3) is 33.8 Å². The highest BCUT2D eigenvalue weighted by Gasteiger charge is 2.44. The summed E-state index contributed by atoms with van der Waals surface area (Å²) in [6.07, 6.45) is 25.4. The summed E-state index contributed by atoms with van der Waals surface area (Å²) in [5, 5.41) is 29.5. The lowest BCUT2D eigenvalue weighted by molar-refractivity contribution is -0.251. The molecular weight excluding hydrogens is 1870 g/mol. The molecule has 0 bridgehead atoms. The Kier molecular flexibility index (Phi) is 53.6. The lowest BCUT2D eigenvalue weighted by Gasteiger charge is -2.43. The Morgan fingerprint density at radius 3 is 1.00 bits per heavy atom. The topological polar surface area (TPSA) is 361 Å². The molecule has 3 saturated heterocycles. The van der Waals surface area contributed by atoms with E-state index < -0.39 is 5.41 Å². The number of nitrogens with zero attached hydrogens (tertiary/aromatic N) is 9. The molecule has 15 atom stereocenters. The van der Waals surface area contributed by atoms with Crippen LogP contribution < -0.4 is 19.5 Å². The van der Waals surface area contributed by atoms with Gasteiger partial charge in [0.05, 0.1) is 118 Å². The van der Waals surface area contributed by atoms with E-state index in [4.69, 9.17) is 61.6 Å². The molecule has 3 aromatic heterocycles. The largest absolute Gasteiger partial charge is 0.497 e. The first-order valence-corrected chi connectivity index (χ1v) is 55.0. The van der Waals surface area contributed by atoms with Crippen molar-refractivity contribution in [3.05, 3.63) is 127 Å². The van der Waals surface area contributed by atoms with Crippen molar-refractivity contribution < 1.29 is 99.9 Å². The van der Waals surface area contributed by atoms with Gasteiger partial charge >= 0.3 is 5.97 Å². The van der Waals surface area contributed by atoms with Crippen LogP contribution in [-0.4, -0.2) is 216 Å². The van der Waals surface area contributed by atoms with Gasteiger partial charge in [0, 0.05) is 156 Å². The maximum atomic E-state index is 14.4. The van der Waals surface area contributed by atoms with Gasteiger partial charge in [0.15, 0.2) is 18.9 Å². The van der Waals surface area contributed by atoms with Gasteiger partial charge in [0.25, 0.3) is 0 Å². The third-order valence-corrected chi connectivity index (χ3v) is 30.3. The molecule has 812 valence electrons. The Hall–Kier alpha value is -9.70. The van der Waals surface area contributed by atoms with E-state index in [1.807, 2.05) is 136 Å². The normalized spacial score (nSPS) is 21.3. The summed E-state index contributed by atoms with van der Waals surface area (Å²) in [7, 11) is 4.92. The summed E-state index contributed by atoms with van der Waals surface area (Å²) < 4.78 is 85.3. The predicted molar refractivity (Wildman–Crippen MR) is 563 cm³/mol. The van der Waals surface area contributed by atoms with E-state index in [0.29, 0.717) is 199 Å². The lowest BCUT2D eigenvalue weighted by atomic mass is 9.79. The number of unbranched alkanes of at least 4 members (excludes halogenated alkanes) is 15. The van der Waals surface area contributed by atoms with E-state index in [1.165, 1.54) is 0 Å². The molecule has 0 spiro atoms. The fraction of sp³-hybridized carbons (Fsp3) is 0.672. The molecule has 15 unspecified atom stereocenters. The molecule has 3 aliphatic rings. The zero-order chi connectivity index (χ0) is 105. The van der Waals surface area contributed by atoms with Crippen molar-refractivity contribution in [1.29, 1.82) is 0 Å². The van der Waals surface area contributed by atoms with Crippen molar-refractivity contribution in [3.8, 4) is 51.0 Å². The Morgan fingerprint density at radius 1 is 0.327 bits per heavy atom. The number of carbonyl (C=O) groups excluding carboxylic acids is 8. The summed E-state index contributed by atoms with van der Waals surface area (Å²) in [6.45, 7) is 23.8. The average Bonchev–Trinajstić information content (AvgIpc) is 1.78. The number of ether oxygens (including phenoxy) is 13. The molecular formula is C116H172N10O21. The van der Waals surface area contributed by atoms with Crippen LogP contribution in [0.1, 0.15) is 299 Å². The van der Waals surface area contributed by atoms with Gasteiger partial charge in [-0.1, -0.05) is 196 Å². The summed E-state index contributed by atoms with van der Waals surface area (Å²) in [5.41, 5.74) is 4.94. The van der Waals surface area contributed by atoms with E-state index in [2.05, 4.69) is 98.6 Å². The van der Waals surface area contributed by atoms with Crippen molar-refractivity contribution in [2.24, 2.45) is 58.7 Å². The fourth-order valence-electron chi connectivity index (χ4n) is 19.7. The van der Waals surface area contributed by atoms with Crippen LogP contribution in [0.3, 0.4) is 0 Å². The number of Topliss-reactive ketones (excluding diaryl/α,β-unsaturated/α-hetero) is 6. The van der Waals surface area contributed by atoms with Crippen LogP contribution in [-0.2, 0) is 112 Å². The molecule has 0 saturated carbocycles. The number of benzene rings is 4. The van der Waals surface area contributed by atoms with Gasteiger partial charge in [0.1, 0.15) is 75.6 Å². The molecule has 0 radical (unpaired) electrons. The molecule has 1 amide bonds. The van der Waals surface area contributed by atoms with E-state index >= 15 is 0 Å². The number of esters is 1. The minimum Gasteiger partial charge on any atom is -0.497 e. The van der Waals surface area contributed by atoms with Gasteiger partial charge in [-0.2, -0.15) is 0 Å². The van der Waals surface area contributed by atoms with Crippen molar-refractivity contribution >= 4 is 46.6 Å². The van der Waals surface area contributed by atoms with Crippen LogP contribution >= 0.6 is 0 Å². The molecule has 147 heavy (non-hydrogen) atoms. The summed E-state index contributed by atoms with van der Waals surface area (Å²) in [6, 6.07) is 32.9. The highest BCUT2D eigenvalue weighted by atomic mass is 16.7. The lowest BCUT2D eigenvalue weighted by Crippen LogP contribution is -2.47. The highest BCUT2D eigenvalue weighted by Crippen LogP contribution is 2.41. The van der Waals surface area contributed by atoms with Gasteiger partial charge < -0.3 is 66.9 Å². The summed E-state index contributed by atoms with van der Waals surface area (Å²) >= 11 is 0. The standard InChI is InChI=1S/C116H172N10O21/c1-83-86(4)108(76-124-73-105(118-121-124)93-43-38-55-102(69-93)135-10)145-113(89(83)7)141-63-35-31-51-96(127)46-25-20-27-48-99(130)59-66-138-80-116(72-101(132)54-24-17-15-13-14-16-18-29-58-112(134)144-79-92-41-22-19-23-42-92,81-139-67-60-100(131)49-28-21-26-47-97(128)52-32-36-64-142-114-90(8)84(2)87(5)109(146-114)77-125-74-106(119-122-125)94-44-39-56-103(70-94)136-11)82-140-68-61-111(133)117-62-34-30-50-98(129)53-33-37-65-143-115-91(9)85(3)88(6)110(147-115)78-126-75-107(120-123-126)95-45-40-57-104(71-95)137-12/h19,22-23,38-45,55-57,69-71,73-75,83-91,108-110,113-115H,13-18,20-21,24-37,46-54,58-68,72,76-82H2,1-12H3,(H,117,133). The Labute approximate surface area is 873 Å². The summed E-state index contributed by atoms with van der Waals surface area (Å²) in [4.78, 5) is 107. The number of rotatable bonds is 77. The van der Waals surface area contributed by atoms with Crippen LogP contribution in [0.2, 0.25) is 0 Å². The van der Waals surface area contributed by atoms with Crippen molar-refractivity contribution in [3.63, 3.8) is 0 Å². The van der Waals surface area contributed by atoms with Gasteiger partial charge in [-0.3, -0.25) is 38.4 Å². The maximum Gasteiger partial charge on any atom is 0.306 e. The molecule has 1 N–H and O–H groups in total. The zero-order valence-corrected chi connectivity index (χ0v) is 90.2. The molecule has 6 heterocycles. The minimum absolute atomic E-state index is 0.000104. The van der Waals surface area contributed by atoms with Gasteiger partial charge in [-0.05, 0) is 167 Å². The third-order valence-electron chi connectivity index (χ3n) is 30.3. The monoisotopic (exact) mass is 2040 g/mol. The third kappa shape index (κ3) is 42.6. The second kappa shape index (κ2) is 66.1. The van der Waals surface area contributed by atoms with Gasteiger partial charge in [0.2, 0.25) is 5.91 Å². The second-order valence-corrected chi connectivity index (χ2v) is 41.7. The first-order valence-electron chi connectivity index (χ1n) is 55.0. The Bertz CT molecular complexity index is 4600. The van der Waals surface area contributed by atoms with Crippen molar-refractivity contribution in [2.45, 2.75) is 357 Å². The molecule has 3 fully saturated rings. The fourth-order valence-corrected chi connectivity index (χ4v) is 19.7. The number of aromatic nitrogens is 9. The van der Waals surface area contributed by atoms with E-state index in [0.717, 1.165) is 127 Å². The quantitative estimate of drug-likeness (QED) is 0.0273. The van der Waals surface area contributed by atoms with Gasteiger partial charge in [-0.25, -0.2) is 14.0 Å². The Balaban J connectivity index is 0.653. The minimum atomic E-state index is -1.04. The van der Waals surface area contributed by atoms with Crippen LogP contribution in [0.5, 0.6) is 17.2 Å². The number of hydrogen-bond acceptors (Lipinski definition) is 27. The molecule has 0 aliphatic carbocycles. The van der Waals surface area contributed by atoms with E-state index in [9.17, 15) is 38.4 Å². The van der Waals surface area contributed by atoms with Gasteiger partial charge in [-0.15, -0.1) is 15.3 Å². The highest BCUT2D eigenvalue weighted by molar-refractivity contribution is 5.81. The summed E-state index contributed by atoms with van der Waals surface area (Å²) in [5.74, 6) is 4.76. The molecule has 10 rings (SSSR count). The van der Waals surface area contributed by atoms with Crippen LogP contribution in [0.4, 0.5) is 0 Å². The smallest absolute Gasteiger partial charge is 0.306 e. The van der Waals surface area contributed by atoms with Crippen LogP contribution in [0, 0.1) is 58.7 Å². The average molecular weight is 2040 g/mol. The number of hydrogen-bond donors (Lipinski definition) is 1. The number of amides is 1. The predicted octanol–water partition coefficient (Wildman–Crippen LogP) is 21.2. The Morgan fingerprint density at radius 2 is 0.639 bits per heavy atom. The first kappa shape index (κ1) is 119. The van der Waals surface area contributed by atoms with Crippen molar-refractivity contribution in [1.82, 2.24) is 50.3 Å². The molecule has 31 nitrogen and oxygen atoms in total. The maximum absolute atomic E-state index is 14.4. The van der Waals surface area contributed by atoms with Crippen molar-refractivity contribution in [2.75, 3.05) is 87.3 Å². The number of ketones is 6. The van der Waals surface area contributed by atoms with Crippen LogP contribution in [0.15, 0.2) is 122 Å². The molecule has 31 heteroatoms. The van der Waals surface area contributed by atoms with E-state index in [-0.39, 0.29) is 191 Å². The second-order valence-electron chi connectivity index (χ2n) is 41.7. The SMILES string of the molecule is COc1cccc(-c2cn(CC3OC(OCCCCC(=O)CCCCCC(=O)CCOCC(COCCC(=O)CCCCCC(=O)CCCCOC4OC(Cn5cc(-c6cccc(OC)c6)nn5)C(C)C(C)C4C)(COCCC(=O)NCCCCC(=O)CCCCOC4OC(Cn5cc(-c6cccc(OC)c6)nn5)C(C)C(C)C4C)CC(=O)CCCCCCCCCCC(=O)OCc4ccccc4)C(C)C(C)C3C)nn2)c1. The molecule has 3 aliphatic heterocycles. The van der Waals surface area contributed by atoms with E-state index in [1.54, 1.807) is 21.3 Å². The number of methoxy groups -OCH3 is 3. The zero-order valence-electron chi connectivity index (χ0n) is 90.2. The number of carbonyl (C=O) groups is 8. The molecule has 4 aromatic carbocycles. The molecule has 7 aromatic rings. The first-order chi connectivity index (χ1) is 71.3.